The maximum atomic E-state index is 13.5. The molecular formula is C30H24N2O2S. The summed E-state index contributed by atoms with van der Waals surface area (Å²) in [5.74, 6) is 0.623. The van der Waals surface area contributed by atoms with E-state index < -0.39 is 0 Å². The smallest absolute Gasteiger partial charge is 0.271 e. The standard InChI is InChI=1S/C30H24N2O2S/c1-22-16-18-23(19-17-22)21-34-27-15-9-8-10-24(27)20-28-29(33)32(26-13-6-3-7-14-26)30(35-28)31-25-11-4-2-5-12-25/h2-20H,21H2,1H3/b28-20+,31-30?. The first kappa shape index (κ1) is 22.7. The molecular weight excluding hydrogens is 452 g/mol. The van der Waals surface area contributed by atoms with Gasteiger partial charge in [-0.25, -0.2) is 4.99 Å². The normalized spacial score (nSPS) is 15.7. The van der Waals surface area contributed by atoms with Crippen LogP contribution in [-0.4, -0.2) is 11.1 Å². The van der Waals surface area contributed by atoms with E-state index in [-0.39, 0.29) is 5.91 Å². The van der Waals surface area contributed by atoms with Crippen molar-refractivity contribution in [1.82, 2.24) is 0 Å². The molecule has 0 spiro atoms. The molecule has 4 aromatic carbocycles. The molecule has 0 N–H and O–H groups in total. The maximum Gasteiger partial charge on any atom is 0.271 e. The van der Waals surface area contributed by atoms with Crippen LogP contribution in [0, 0.1) is 6.92 Å². The van der Waals surface area contributed by atoms with Crippen molar-refractivity contribution in [3.05, 3.63) is 131 Å². The summed E-state index contributed by atoms with van der Waals surface area (Å²) in [6.45, 7) is 2.52. The summed E-state index contributed by atoms with van der Waals surface area (Å²) >= 11 is 1.37. The molecule has 1 fully saturated rings. The monoisotopic (exact) mass is 476 g/mol. The number of thioether (sulfide) groups is 1. The van der Waals surface area contributed by atoms with Crippen LogP contribution < -0.4 is 9.64 Å². The van der Waals surface area contributed by atoms with Gasteiger partial charge >= 0.3 is 0 Å². The topological polar surface area (TPSA) is 41.9 Å². The zero-order valence-corrected chi connectivity index (χ0v) is 20.1. The molecule has 1 heterocycles. The summed E-state index contributed by atoms with van der Waals surface area (Å²) in [5, 5.41) is 0.622. The van der Waals surface area contributed by atoms with Crippen LogP contribution in [0.4, 0.5) is 11.4 Å². The Balaban J connectivity index is 1.46. The van der Waals surface area contributed by atoms with E-state index in [4.69, 9.17) is 9.73 Å². The fraction of sp³-hybridized carbons (Fsp3) is 0.0667. The van der Waals surface area contributed by atoms with Crippen molar-refractivity contribution in [2.24, 2.45) is 4.99 Å². The van der Waals surface area contributed by atoms with Crippen molar-refractivity contribution < 1.29 is 9.53 Å². The number of carbonyl (C=O) groups is 1. The van der Waals surface area contributed by atoms with Crippen molar-refractivity contribution >= 4 is 40.3 Å². The molecule has 1 saturated heterocycles. The lowest BCUT2D eigenvalue weighted by Gasteiger charge is -2.15. The van der Waals surface area contributed by atoms with Gasteiger partial charge in [0.1, 0.15) is 12.4 Å². The highest BCUT2D eigenvalue weighted by atomic mass is 32.2. The molecule has 0 aromatic heterocycles. The minimum absolute atomic E-state index is 0.107. The summed E-state index contributed by atoms with van der Waals surface area (Å²) in [4.78, 5) is 20.6. The lowest BCUT2D eigenvalue weighted by molar-refractivity contribution is -0.113. The lowest BCUT2D eigenvalue weighted by atomic mass is 10.1. The number of carbonyl (C=O) groups excluding carboxylic acids is 1. The summed E-state index contributed by atoms with van der Waals surface area (Å²) in [6, 6.07) is 35.3. The maximum absolute atomic E-state index is 13.5. The number of hydrogen-bond donors (Lipinski definition) is 0. The number of rotatable bonds is 6. The van der Waals surface area contributed by atoms with Crippen LogP contribution in [0.25, 0.3) is 6.08 Å². The number of aliphatic imine (C=N–C) groups is 1. The number of anilines is 1. The number of amidine groups is 1. The van der Waals surface area contributed by atoms with E-state index >= 15 is 0 Å². The van der Waals surface area contributed by atoms with E-state index in [0.29, 0.717) is 16.7 Å². The van der Waals surface area contributed by atoms with Gasteiger partial charge in [0.2, 0.25) is 0 Å². The molecule has 4 nitrogen and oxygen atoms in total. The summed E-state index contributed by atoms with van der Waals surface area (Å²) in [5.41, 5.74) is 4.74. The van der Waals surface area contributed by atoms with Crippen molar-refractivity contribution in [3.8, 4) is 5.75 Å². The predicted octanol–water partition coefficient (Wildman–Crippen LogP) is 7.38. The molecule has 1 aliphatic rings. The highest BCUT2D eigenvalue weighted by Crippen LogP contribution is 2.38. The Labute approximate surface area is 209 Å². The van der Waals surface area contributed by atoms with Gasteiger partial charge in [0, 0.05) is 5.56 Å². The van der Waals surface area contributed by atoms with E-state index in [1.807, 2.05) is 91.0 Å². The first-order valence-corrected chi connectivity index (χ1v) is 12.2. The molecule has 5 rings (SSSR count). The van der Waals surface area contributed by atoms with Crippen LogP contribution in [0.15, 0.2) is 119 Å². The molecule has 0 radical (unpaired) electrons. The second kappa shape index (κ2) is 10.5. The van der Waals surface area contributed by atoms with Crippen LogP contribution in [-0.2, 0) is 11.4 Å². The molecule has 5 heteroatoms. The van der Waals surface area contributed by atoms with Gasteiger partial charge in [0.25, 0.3) is 5.91 Å². The lowest BCUT2D eigenvalue weighted by Crippen LogP contribution is -2.28. The first-order valence-electron chi connectivity index (χ1n) is 11.4. The molecule has 0 saturated carbocycles. The molecule has 0 bridgehead atoms. The summed E-state index contributed by atoms with van der Waals surface area (Å²) in [6.07, 6.45) is 1.89. The number of nitrogens with zero attached hydrogens (tertiary/aromatic N) is 2. The van der Waals surface area contributed by atoms with Crippen LogP contribution in [0.3, 0.4) is 0 Å². The highest BCUT2D eigenvalue weighted by molar-refractivity contribution is 8.19. The largest absolute Gasteiger partial charge is 0.488 e. The molecule has 1 amide bonds. The average Bonchev–Trinajstić information content (AvgIpc) is 3.19. The summed E-state index contributed by atoms with van der Waals surface area (Å²) < 4.78 is 6.13. The van der Waals surface area contributed by atoms with E-state index in [0.717, 1.165) is 28.3 Å². The Kier molecular flexibility index (Phi) is 6.77. The van der Waals surface area contributed by atoms with E-state index in [1.54, 1.807) is 4.90 Å². The molecule has 0 unspecified atom stereocenters. The minimum atomic E-state index is -0.107. The van der Waals surface area contributed by atoms with Crippen LogP contribution in [0.5, 0.6) is 5.75 Å². The van der Waals surface area contributed by atoms with E-state index in [1.165, 1.54) is 17.3 Å². The average molecular weight is 477 g/mol. The number of ether oxygens (including phenoxy) is 1. The van der Waals surface area contributed by atoms with Crippen molar-refractivity contribution in [2.45, 2.75) is 13.5 Å². The SMILES string of the molecule is Cc1ccc(COc2ccccc2/C=C2/SC(=Nc3ccccc3)N(c3ccccc3)C2=O)cc1. The number of hydrogen-bond acceptors (Lipinski definition) is 4. The first-order chi connectivity index (χ1) is 17.2. The van der Waals surface area contributed by atoms with Gasteiger partial charge in [-0.2, -0.15) is 0 Å². The van der Waals surface area contributed by atoms with Crippen LogP contribution >= 0.6 is 11.8 Å². The molecule has 172 valence electrons. The highest BCUT2D eigenvalue weighted by Gasteiger charge is 2.34. The fourth-order valence-corrected chi connectivity index (χ4v) is 4.68. The Hall–Kier alpha value is -4.09. The Bertz CT molecular complexity index is 1380. The molecule has 0 atom stereocenters. The van der Waals surface area contributed by atoms with Crippen molar-refractivity contribution in [1.29, 1.82) is 0 Å². The van der Waals surface area contributed by atoms with E-state index in [2.05, 4.69) is 31.2 Å². The molecule has 4 aromatic rings. The van der Waals surface area contributed by atoms with Gasteiger partial charge in [-0.05, 0) is 60.7 Å². The van der Waals surface area contributed by atoms with Gasteiger partial charge in [0.15, 0.2) is 5.17 Å². The third-order valence-electron chi connectivity index (χ3n) is 5.52. The molecule has 0 aliphatic carbocycles. The molecule has 35 heavy (non-hydrogen) atoms. The van der Waals surface area contributed by atoms with Crippen molar-refractivity contribution in [2.75, 3.05) is 4.90 Å². The number of para-hydroxylation sites is 3. The van der Waals surface area contributed by atoms with Gasteiger partial charge in [0.05, 0.1) is 16.3 Å². The van der Waals surface area contributed by atoms with Crippen LogP contribution in [0.1, 0.15) is 16.7 Å². The van der Waals surface area contributed by atoms with E-state index in [9.17, 15) is 4.79 Å². The van der Waals surface area contributed by atoms with Crippen molar-refractivity contribution in [3.63, 3.8) is 0 Å². The Morgan fingerprint density at radius 2 is 1.49 bits per heavy atom. The van der Waals surface area contributed by atoms with Crippen LogP contribution in [0.2, 0.25) is 0 Å². The molecule has 1 aliphatic heterocycles. The zero-order valence-electron chi connectivity index (χ0n) is 19.3. The van der Waals surface area contributed by atoms with Gasteiger partial charge < -0.3 is 4.74 Å². The number of aryl methyl sites for hydroxylation is 1. The predicted molar refractivity (Wildman–Crippen MR) is 145 cm³/mol. The third-order valence-corrected chi connectivity index (χ3v) is 6.49. The second-order valence-corrected chi connectivity index (χ2v) is 9.14. The quantitative estimate of drug-likeness (QED) is 0.273. The Morgan fingerprint density at radius 1 is 0.829 bits per heavy atom. The minimum Gasteiger partial charge on any atom is -0.488 e. The zero-order chi connectivity index (χ0) is 24.0. The second-order valence-electron chi connectivity index (χ2n) is 8.13. The third kappa shape index (κ3) is 5.36. The van der Waals surface area contributed by atoms with Gasteiger partial charge in [-0.1, -0.05) is 84.4 Å². The van der Waals surface area contributed by atoms with Gasteiger partial charge in [-0.15, -0.1) is 0 Å². The number of benzene rings is 4. The summed E-state index contributed by atoms with van der Waals surface area (Å²) in [7, 11) is 0. The van der Waals surface area contributed by atoms with Gasteiger partial charge in [-0.3, -0.25) is 9.69 Å². The fourth-order valence-electron chi connectivity index (χ4n) is 3.68. The number of amides is 1. The Morgan fingerprint density at radius 3 is 2.23 bits per heavy atom.